The van der Waals surface area contributed by atoms with Gasteiger partial charge < -0.3 is 30.6 Å². The molecule has 0 amide bonds. The molecule has 5 N–H and O–H groups in total. The molecule has 11 heteroatoms. The first-order valence-electron chi connectivity index (χ1n) is 10.8. The number of aromatic nitrogens is 1. The number of rotatable bonds is 9. The second-order valence-corrected chi connectivity index (χ2v) is 8.58. The number of anilines is 1. The van der Waals surface area contributed by atoms with Crippen molar-refractivity contribution in [1.29, 1.82) is 0 Å². The van der Waals surface area contributed by atoms with Crippen LogP contribution >= 0.6 is 11.3 Å². The summed E-state index contributed by atoms with van der Waals surface area (Å²) in [7, 11) is 0. The molecular formula is C26H21N3O7S. The van der Waals surface area contributed by atoms with Crippen LogP contribution in [0.2, 0.25) is 0 Å². The van der Waals surface area contributed by atoms with Crippen LogP contribution in [0.3, 0.4) is 0 Å². The molecular weight excluding hydrogens is 498 g/mol. The number of carboxylic acid groups (broad SMARTS) is 1. The maximum atomic E-state index is 13.5. The Bertz CT molecular complexity index is 1390. The van der Waals surface area contributed by atoms with Crippen LogP contribution in [0, 0.1) is 0 Å². The molecule has 1 heterocycles. The molecule has 0 unspecified atom stereocenters. The predicted molar refractivity (Wildman–Crippen MR) is 135 cm³/mol. The van der Waals surface area contributed by atoms with Crippen LogP contribution in [0.15, 0.2) is 89.4 Å². The smallest absolute Gasteiger partial charge is 0.360 e. The number of oxime groups is 1. The molecule has 0 aliphatic heterocycles. The fourth-order valence-electron chi connectivity index (χ4n) is 3.40. The second kappa shape index (κ2) is 11.2. The van der Waals surface area contributed by atoms with Crippen molar-refractivity contribution in [3.8, 4) is 11.5 Å². The van der Waals surface area contributed by atoms with Gasteiger partial charge in [-0.05, 0) is 23.3 Å². The Balaban J connectivity index is 1.71. The van der Waals surface area contributed by atoms with Gasteiger partial charge in [-0.25, -0.2) is 14.6 Å². The molecule has 4 aromatic rings. The third-order valence-corrected chi connectivity index (χ3v) is 5.85. The Labute approximate surface area is 214 Å². The Hall–Kier alpha value is -4.90. The van der Waals surface area contributed by atoms with Crippen LogP contribution in [-0.2, 0) is 19.2 Å². The van der Waals surface area contributed by atoms with Crippen LogP contribution in [0.1, 0.15) is 34.6 Å². The number of carboxylic acids is 1. The largest absolute Gasteiger partial charge is 0.504 e. The summed E-state index contributed by atoms with van der Waals surface area (Å²) < 4.78 is 5.85. The second-order valence-electron chi connectivity index (χ2n) is 7.69. The number of carbonyl (C=O) groups excluding carboxylic acids is 1. The topological polar surface area (TPSA) is 165 Å². The average molecular weight is 520 g/mol. The number of carbonyl (C=O) groups is 2. The maximum Gasteiger partial charge on any atom is 0.360 e. The highest BCUT2D eigenvalue weighted by molar-refractivity contribution is 7.13. The van der Waals surface area contributed by atoms with Crippen molar-refractivity contribution in [2.45, 2.75) is 12.2 Å². The molecule has 0 saturated heterocycles. The number of phenolic OH excluding ortho intramolecular Hbond substituents is 2. The normalized spacial score (nSPS) is 12.2. The standard InChI is InChI=1S/C26H21N3O7S/c27-26-28-18(14-37-26)21(24(32)33)29-36-23(17-11-12-19(30)20(31)13-17)25(34)35-22(15-7-3-1-4-8-15)16-9-5-2-6-10-16/h1-14,22-23,30-31H,(H2,27,28)(H,32,33)/t23-/m0/s1. The lowest BCUT2D eigenvalue weighted by molar-refractivity contribution is -0.162. The summed E-state index contributed by atoms with van der Waals surface area (Å²) in [6, 6.07) is 21.6. The van der Waals surface area contributed by atoms with Crippen molar-refractivity contribution in [2.24, 2.45) is 5.16 Å². The summed E-state index contributed by atoms with van der Waals surface area (Å²) in [5.41, 5.74) is 6.39. The van der Waals surface area contributed by atoms with Crippen molar-refractivity contribution in [1.82, 2.24) is 4.98 Å². The SMILES string of the molecule is Nc1nc(C(=NO[C@H](C(=O)OC(c2ccccc2)c2ccccc2)c2ccc(O)c(O)c2)C(=O)O)cs1. The van der Waals surface area contributed by atoms with E-state index >= 15 is 0 Å². The summed E-state index contributed by atoms with van der Waals surface area (Å²) in [4.78, 5) is 34.6. The molecule has 37 heavy (non-hydrogen) atoms. The van der Waals surface area contributed by atoms with E-state index in [1.807, 2.05) is 12.1 Å². The first-order valence-corrected chi connectivity index (χ1v) is 11.7. The quantitative estimate of drug-likeness (QED) is 0.111. The number of benzene rings is 3. The van der Waals surface area contributed by atoms with Crippen molar-refractivity contribution in [3.05, 3.63) is 107 Å². The zero-order valence-corrected chi connectivity index (χ0v) is 19.9. The van der Waals surface area contributed by atoms with E-state index in [1.165, 1.54) is 11.4 Å². The maximum absolute atomic E-state index is 13.5. The van der Waals surface area contributed by atoms with Gasteiger partial charge in [-0.2, -0.15) is 0 Å². The summed E-state index contributed by atoms with van der Waals surface area (Å²) in [5, 5.41) is 34.5. The molecule has 4 rings (SSSR count). The number of aliphatic carboxylic acids is 1. The number of hydrogen-bond donors (Lipinski definition) is 4. The molecule has 0 fully saturated rings. The Morgan fingerprint density at radius 1 is 0.892 bits per heavy atom. The number of nitrogens with zero attached hydrogens (tertiary/aromatic N) is 2. The van der Waals surface area contributed by atoms with Crippen molar-refractivity contribution < 1.29 is 34.5 Å². The summed E-state index contributed by atoms with van der Waals surface area (Å²) >= 11 is 1.01. The van der Waals surface area contributed by atoms with E-state index in [0.29, 0.717) is 11.1 Å². The first-order chi connectivity index (χ1) is 17.8. The number of nitrogen functional groups attached to an aromatic ring is 1. The van der Waals surface area contributed by atoms with Crippen LogP contribution in [0.5, 0.6) is 11.5 Å². The first kappa shape index (κ1) is 25.2. The molecule has 0 radical (unpaired) electrons. The summed E-state index contributed by atoms with van der Waals surface area (Å²) in [6.45, 7) is 0. The number of hydrogen-bond acceptors (Lipinski definition) is 10. The summed E-state index contributed by atoms with van der Waals surface area (Å²) in [6.07, 6.45) is -2.43. The minimum atomic E-state index is -1.60. The fourth-order valence-corrected chi connectivity index (χ4v) is 3.95. The van der Waals surface area contributed by atoms with Gasteiger partial charge in [0.2, 0.25) is 11.8 Å². The van der Waals surface area contributed by atoms with Gasteiger partial charge in [-0.3, -0.25) is 0 Å². The molecule has 1 atom stereocenters. The molecule has 10 nitrogen and oxygen atoms in total. The van der Waals surface area contributed by atoms with E-state index < -0.39 is 41.4 Å². The van der Waals surface area contributed by atoms with E-state index in [-0.39, 0.29) is 16.4 Å². The van der Waals surface area contributed by atoms with E-state index in [2.05, 4.69) is 10.1 Å². The Morgan fingerprint density at radius 3 is 2.03 bits per heavy atom. The lowest BCUT2D eigenvalue weighted by atomic mass is 10.0. The van der Waals surface area contributed by atoms with Crippen LogP contribution in [0.25, 0.3) is 0 Å². The minimum Gasteiger partial charge on any atom is -0.504 e. The fraction of sp³-hybridized carbons (Fsp3) is 0.0769. The Morgan fingerprint density at radius 2 is 1.51 bits per heavy atom. The molecule has 0 saturated carbocycles. The lowest BCUT2D eigenvalue weighted by Gasteiger charge is -2.22. The molecule has 1 aromatic heterocycles. The Kier molecular flexibility index (Phi) is 7.65. The van der Waals surface area contributed by atoms with E-state index in [0.717, 1.165) is 23.5 Å². The van der Waals surface area contributed by atoms with Gasteiger partial charge in [0.25, 0.3) is 0 Å². The zero-order chi connectivity index (χ0) is 26.4. The van der Waals surface area contributed by atoms with Gasteiger partial charge >= 0.3 is 11.9 Å². The van der Waals surface area contributed by atoms with Crippen LogP contribution < -0.4 is 5.73 Å². The highest BCUT2D eigenvalue weighted by atomic mass is 32.1. The van der Waals surface area contributed by atoms with Gasteiger partial charge in [0.1, 0.15) is 5.69 Å². The predicted octanol–water partition coefficient (Wildman–Crippen LogP) is 4.02. The minimum absolute atomic E-state index is 0.0536. The molecule has 0 aliphatic carbocycles. The third kappa shape index (κ3) is 6.03. The summed E-state index contributed by atoms with van der Waals surface area (Å²) in [5.74, 6) is -3.32. The van der Waals surface area contributed by atoms with Gasteiger partial charge in [0, 0.05) is 10.9 Å². The van der Waals surface area contributed by atoms with Crippen LogP contribution in [-0.4, -0.2) is 38.0 Å². The van der Waals surface area contributed by atoms with Gasteiger partial charge in [-0.15, -0.1) is 11.3 Å². The molecule has 0 aliphatic rings. The monoisotopic (exact) mass is 519 g/mol. The number of esters is 1. The number of nitrogens with two attached hydrogens (primary N) is 1. The van der Waals surface area contributed by atoms with Crippen molar-refractivity contribution in [2.75, 3.05) is 5.73 Å². The van der Waals surface area contributed by atoms with Gasteiger partial charge in [0.15, 0.2) is 22.7 Å². The number of thiazole rings is 1. The van der Waals surface area contributed by atoms with Crippen molar-refractivity contribution in [3.63, 3.8) is 0 Å². The van der Waals surface area contributed by atoms with E-state index in [1.54, 1.807) is 48.5 Å². The lowest BCUT2D eigenvalue weighted by Crippen LogP contribution is -2.22. The third-order valence-electron chi connectivity index (χ3n) is 5.17. The van der Waals surface area contributed by atoms with E-state index in [9.17, 15) is 24.9 Å². The van der Waals surface area contributed by atoms with E-state index in [4.69, 9.17) is 15.3 Å². The number of phenols is 2. The molecule has 188 valence electrons. The number of aromatic hydroxyl groups is 2. The zero-order valence-electron chi connectivity index (χ0n) is 19.1. The van der Waals surface area contributed by atoms with Crippen LogP contribution in [0.4, 0.5) is 5.13 Å². The number of ether oxygens (including phenoxy) is 1. The van der Waals surface area contributed by atoms with Crippen molar-refractivity contribution >= 4 is 34.1 Å². The molecule has 3 aromatic carbocycles. The van der Waals surface area contributed by atoms with Gasteiger partial charge in [0.05, 0.1) is 0 Å². The average Bonchev–Trinajstić information content (AvgIpc) is 3.33. The molecule has 0 bridgehead atoms. The molecule has 0 spiro atoms. The van der Waals surface area contributed by atoms with Gasteiger partial charge in [-0.1, -0.05) is 71.9 Å². The highest BCUT2D eigenvalue weighted by Gasteiger charge is 2.30. The highest BCUT2D eigenvalue weighted by Crippen LogP contribution is 2.33.